The minimum absolute atomic E-state index is 0.0974. The van der Waals surface area contributed by atoms with Gasteiger partial charge in [-0.15, -0.1) is 0 Å². The van der Waals surface area contributed by atoms with Gasteiger partial charge in [0.2, 0.25) is 0 Å². The van der Waals surface area contributed by atoms with Crippen molar-refractivity contribution in [1.29, 1.82) is 0 Å². The maximum absolute atomic E-state index is 9.44. The van der Waals surface area contributed by atoms with Crippen molar-refractivity contribution in [2.24, 2.45) is 0 Å². The molecule has 0 aromatic heterocycles. The van der Waals surface area contributed by atoms with Crippen LogP contribution in [0.15, 0.2) is 0 Å². The van der Waals surface area contributed by atoms with E-state index in [4.69, 9.17) is 9.84 Å². The summed E-state index contributed by atoms with van der Waals surface area (Å²) in [6, 6.07) is 0. The van der Waals surface area contributed by atoms with Crippen molar-refractivity contribution in [2.75, 3.05) is 26.3 Å². The van der Waals surface area contributed by atoms with Gasteiger partial charge in [-0.2, -0.15) is 0 Å². The molecule has 4 N–H and O–H groups in total. The van der Waals surface area contributed by atoms with Crippen LogP contribution in [-0.2, 0) is 4.74 Å². The van der Waals surface area contributed by atoms with Crippen LogP contribution in [0.2, 0.25) is 0 Å². The molecule has 0 bridgehead atoms. The van der Waals surface area contributed by atoms with Gasteiger partial charge in [-0.3, -0.25) is 0 Å². The molecule has 0 aromatic rings. The molecule has 2 unspecified atom stereocenters. The lowest BCUT2D eigenvalue weighted by Crippen LogP contribution is -2.44. The van der Waals surface area contributed by atoms with Crippen molar-refractivity contribution in [3.63, 3.8) is 0 Å². The highest BCUT2D eigenvalue weighted by atomic mass is 16.5. The minimum Gasteiger partial charge on any atom is -0.393 e. The van der Waals surface area contributed by atoms with Gasteiger partial charge in [0.15, 0.2) is 0 Å². The molecule has 0 amide bonds. The van der Waals surface area contributed by atoms with E-state index in [1.54, 1.807) is 0 Å². The molecule has 0 aliphatic heterocycles. The van der Waals surface area contributed by atoms with Crippen LogP contribution in [0.4, 0.5) is 0 Å². The fourth-order valence-corrected chi connectivity index (χ4v) is 0.926. The summed E-state index contributed by atoms with van der Waals surface area (Å²) in [5.41, 5.74) is -1.14. The van der Waals surface area contributed by atoms with E-state index in [1.165, 1.54) is 6.92 Å². The molecule has 0 saturated heterocycles. The van der Waals surface area contributed by atoms with E-state index in [-0.39, 0.29) is 25.9 Å². The number of hydrogen-bond acceptors (Lipinski definition) is 5. The van der Waals surface area contributed by atoms with E-state index in [1.807, 2.05) is 13.8 Å². The van der Waals surface area contributed by atoms with E-state index in [0.717, 1.165) is 0 Å². The third-order valence-corrected chi connectivity index (χ3v) is 1.85. The molecule has 0 aliphatic carbocycles. The highest BCUT2D eigenvalue weighted by molar-refractivity contribution is 4.74. The molecule has 0 saturated carbocycles. The third-order valence-electron chi connectivity index (χ3n) is 1.85. The Morgan fingerprint density at radius 2 is 2.00 bits per heavy atom. The lowest BCUT2D eigenvalue weighted by molar-refractivity contribution is -0.0105. The highest BCUT2D eigenvalue weighted by Crippen LogP contribution is 1.98. The first kappa shape index (κ1) is 14.8. The Morgan fingerprint density at radius 1 is 1.40 bits per heavy atom. The second kappa shape index (κ2) is 7.14. The summed E-state index contributed by atoms with van der Waals surface area (Å²) < 4.78 is 5.21. The molecule has 2 atom stereocenters. The van der Waals surface area contributed by atoms with Crippen molar-refractivity contribution in [1.82, 2.24) is 5.32 Å². The highest BCUT2D eigenvalue weighted by Gasteiger charge is 2.18. The van der Waals surface area contributed by atoms with Crippen LogP contribution in [0.25, 0.3) is 0 Å². The molecule has 0 aliphatic rings. The molecule has 0 radical (unpaired) electrons. The quantitative estimate of drug-likeness (QED) is 0.427. The first-order valence-corrected chi connectivity index (χ1v) is 5.21. The molecular weight excluding hydrogens is 198 g/mol. The maximum Gasteiger partial charge on any atom is 0.0972 e. The second-order valence-electron chi connectivity index (χ2n) is 4.32. The molecule has 5 heteroatoms. The van der Waals surface area contributed by atoms with Gasteiger partial charge in [-0.05, 0) is 20.8 Å². The van der Waals surface area contributed by atoms with E-state index in [0.29, 0.717) is 6.54 Å². The largest absolute Gasteiger partial charge is 0.393 e. The Bertz CT molecular complexity index is 162. The minimum atomic E-state index is -1.14. The number of aliphatic hydroxyl groups excluding tert-OH is 2. The topological polar surface area (TPSA) is 82.0 Å². The standard InChI is InChI=1S/C10H23NO4/c1-8(2)15-5-9(13)4-11-6-10(3,14)7-12/h8-9,11-14H,4-7H2,1-3H3. The first-order chi connectivity index (χ1) is 6.87. The molecule has 5 nitrogen and oxygen atoms in total. The molecule has 0 spiro atoms. The monoisotopic (exact) mass is 221 g/mol. The molecule has 15 heavy (non-hydrogen) atoms. The Kier molecular flexibility index (Phi) is 7.04. The average Bonchev–Trinajstić information content (AvgIpc) is 2.14. The number of hydrogen-bond donors (Lipinski definition) is 4. The van der Waals surface area contributed by atoms with Crippen molar-refractivity contribution in [2.45, 2.75) is 38.6 Å². The van der Waals surface area contributed by atoms with Crippen molar-refractivity contribution in [3.05, 3.63) is 0 Å². The zero-order chi connectivity index (χ0) is 11.9. The summed E-state index contributed by atoms with van der Waals surface area (Å²) >= 11 is 0. The predicted octanol–water partition coefficient (Wildman–Crippen LogP) is -0.895. The van der Waals surface area contributed by atoms with Gasteiger partial charge in [0.1, 0.15) is 0 Å². The smallest absolute Gasteiger partial charge is 0.0972 e. The Hall–Kier alpha value is -0.200. The van der Waals surface area contributed by atoms with Crippen LogP contribution in [0.3, 0.4) is 0 Å². The number of ether oxygens (including phenoxy) is 1. The van der Waals surface area contributed by atoms with Crippen molar-refractivity contribution >= 4 is 0 Å². The molecule has 92 valence electrons. The maximum atomic E-state index is 9.44. The normalized spacial score (nSPS) is 17.8. The van der Waals surface area contributed by atoms with Crippen LogP contribution in [0, 0.1) is 0 Å². The molecular formula is C10H23NO4. The fraction of sp³-hybridized carbons (Fsp3) is 1.00. The fourth-order valence-electron chi connectivity index (χ4n) is 0.926. The lowest BCUT2D eigenvalue weighted by Gasteiger charge is -2.22. The number of rotatable bonds is 8. The third kappa shape index (κ3) is 8.77. The first-order valence-electron chi connectivity index (χ1n) is 5.21. The van der Waals surface area contributed by atoms with Gasteiger partial charge in [0.05, 0.1) is 31.0 Å². The van der Waals surface area contributed by atoms with Gasteiger partial charge < -0.3 is 25.4 Å². The second-order valence-corrected chi connectivity index (χ2v) is 4.32. The van der Waals surface area contributed by atoms with Gasteiger partial charge in [0, 0.05) is 13.1 Å². The predicted molar refractivity (Wildman–Crippen MR) is 57.7 cm³/mol. The summed E-state index contributed by atoms with van der Waals surface area (Å²) in [6.45, 7) is 5.86. The summed E-state index contributed by atoms with van der Waals surface area (Å²) in [6.07, 6.45) is -0.498. The molecule has 0 aromatic carbocycles. The Balaban J connectivity index is 3.50. The molecule has 0 rings (SSSR count). The van der Waals surface area contributed by atoms with E-state index in [2.05, 4.69) is 5.32 Å². The van der Waals surface area contributed by atoms with E-state index in [9.17, 15) is 10.2 Å². The zero-order valence-corrected chi connectivity index (χ0v) is 9.73. The van der Waals surface area contributed by atoms with Crippen LogP contribution >= 0.6 is 0 Å². The van der Waals surface area contributed by atoms with E-state index < -0.39 is 11.7 Å². The van der Waals surface area contributed by atoms with E-state index >= 15 is 0 Å². The van der Waals surface area contributed by atoms with Crippen LogP contribution in [0.5, 0.6) is 0 Å². The summed E-state index contributed by atoms with van der Waals surface area (Å²) in [4.78, 5) is 0. The van der Waals surface area contributed by atoms with Crippen LogP contribution < -0.4 is 5.32 Å². The summed E-state index contributed by atoms with van der Waals surface area (Å²) in [5.74, 6) is 0. The Morgan fingerprint density at radius 3 is 2.47 bits per heavy atom. The van der Waals surface area contributed by atoms with Gasteiger partial charge in [0.25, 0.3) is 0 Å². The average molecular weight is 221 g/mol. The number of aliphatic hydroxyl groups is 3. The molecule has 0 heterocycles. The van der Waals surface area contributed by atoms with Crippen molar-refractivity contribution in [3.8, 4) is 0 Å². The SMILES string of the molecule is CC(C)OCC(O)CNCC(C)(O)CO. The van der Waals surface area contributed by atoms with Crippen molar-refractivity contribution < 1.29 is 20.1 Å². The summed E-state index contributed by atoms with van der Waals surface area (Å²) in [7, 11) is 0. The van der Waals surface area contributed by atoms with Crippen LogP contribution in [0.1, 0.15) is 20.8 Å². The zero-order valence-electron chi connectivity index (χ0n) is 9.73. The Labute approximate surface area is 91.1 Å². The molecule has 0 fully saturated rings. The lowest BCUT2D eigenvalue weighted by atomic mass is 10.1. The van der Waals surface area contributed by atoms with Gasteiger partial charge >= 0.3 is 0 Å². The number of nitrogens with one attached hydrogen (secondary N) is 1. The van der Waals surface area contributed by atoms with Crippen LogP contribution in [-0.4, -0.2) is 59.4 Å². The van der Waals surface area contributed by atoms with Gasteiger partial charge in [-0.25, -0.2) is 0 Å². The van der Waals surface area contributed by atoms with Gasteiger partial charge in [-0.1, -0.05) is 0 Å². The summed E-state index contributed by atoms with van der Waals surface area (Å²) in [5, 5.41) is 30.5.